The minimum Gasteiger partial charge on any atom is -0.461 e. The number of thioether (sulfide) groups is 1. The Bertz CT molecular complexity index is 556. The van der Waals surface area contributed by atoms with Crippen molar-refractivity contribution in [3.8, 4) is 11.6 Å². The summed E-state index contributed by atoms with van der Waals surface area (Å²) in [5.41, 5.74) is 0. The zero-order valence-corrected chi connectivity index (χ0v) is 13.6. The molecule has 0 bridgehead atoms. The van der Waals surface area contributed by atoms with E-state index in [1.807, 2.05) is 23.9 Å². The second-order valence-electron chi connectivity index (χ2n) is 6.15. The van der Waals surface area contributed by atoms with Crippen LogP contribution in [0.25, 0.3) is 11.6 Å². The van der Waals surface area contributed by atoms with Gasteiger partial charge in [-0.2, -0.15) is 0 Å². The Kier molecular flexibility index (Phi) is 4.68. The van der Waals surface area contributed by atoms with Crippen molar-refractivity contribution in [1.82, 2.24) is 14.8 Å². The SMILES string of the molecule is CC(C)CSc1nnc(-c2ccco2)n1C1CCCCC1. The highest BCUT2D eigenvalue weighted by Gasteiger charge is 2.24. The van der Waals surface area contributed by atoms with Gasteiger partial charge in [-0.3, -0.25) is 4.57 Å². The molecule has 4 nitrogen and oxygen atoms in total. The Morgan fingerprint density at radius 2 is 2.10 bits per heavy atom. The standard InChI is InChI=1S/C16H23N3OS/c1-12(2)11-21-16-18-17-15(14-9-6-10-20-14)19(16)13-7-4-3-5-8-13/h6,9-10,12-13H,3-5,7-8,11H2,1-2H3. The summed E-state index contributed by atoms with van der Waals surface area (Å²) in [5, 5.41) is 9.89. The molecule has 1 saturated carbocycles. The minimum absolute atomic E-state index is 0.517. The number of hydrogen-bond acceptors (Lipinski definition) is 4. The molecule has 21 heavy (non-hydrogen) atoms. The molecule has 0 N–H and O–H groups in total. The van der Waals surface area contributed by atoms with Crippen molar-refractivity contribution >= 4 is 11.8 Å². The summed E-state index contributed by atoms with van der Waals surface area (Å²) in [7, 11) is 0. The molecule has 2 heterocycles. The van der Waals surface area contributed by atoms with Crippen LogP contribution in [0.15, 0.2) is 28.0 Å². The van der Waals surface area contributed by atoms with Crippen LogP contribution in [-0.2, 0) is 0 Å². The van der Waals surface area contributed by atoms with Crippen LogP contribution in [0.2, 0.25) is 0 Å². The summed E-state index contributed by atoms with van der Waals surface area (Å²) < 4.78 is 7.88. The van der Waals surface area contributed by atoms with E-state index in [2.05, 4.69) is 28.6 Å². The van der Waals surface area contributed by atoms with Gasteiger partial charge >= 0.3 is 0 Å². The van der Waals surface area contributed by atoms with E-state index in [0.29, 0.717) is 12.0 Å². The van der Waals surface area contributed by atoms with E-state index in [-0.39, 0.29) is 0 Å². The lowest BCUT2D eigenvalue weighted by atomic mass is 9.95. The molecule has 1 aliphatic carbocycles. The lowest BCUT2D eigenvalue weighted by Gasteiger charge is -2.25. The maximum Gasteiger partial charge on any atom is 0.200 e. The molecule has 114 valence electrons. The quantitative estimate of drug-likeness (QED) is 0.745. The normalized spacial score (nSPS) is 16.7. The van der Waals surface area contributed by atoms with E-state index in [1.165, 1.54) is 32.1 Å². The second-order valence-corrected chi connectivity index (χ2v) is 7.14. The van der Waals surface area contributed by atoms with Crippen molar-refractivity contribution in [1.29, 1.82) is 0 Å². The summed E-state index contributed by atoms with van der Waals surface area (Å²) in [6, 6.07) is 4.40. The zero-order chi connectivity index (χ0) is 14.7. The van der Waals surface area contributed by atoms with Crippen LogP contribution < -0.4 is 0 Å². The van der Waals surface area contributed by atoms with Crippen LogP contribution in [0.4, 0.5) is 0 Å². The summed E-state index contributed by atoms with van der Waals surface area (Å²) in [6.45, 7) is 4.48. The van der Waals surface area contributed by atoms with Crippen LogP contribution in [0, 0.1) is 5.92 Å². The first-order valence-corrected chi connectivity index (χ1v) is 8.86. The van der Waals surface area contributed by atoms with Gasteiger partial charge in [-0.1, -0.05) is 44.9 Å². The Labute approximate surface area is 130 Å². The largest absolute Gasteiger partial charge is 0.461 e. The van der Waals surface area contributed by atoms with Crippen LogP contribution in [0.5, 0.6) is 0 Å². The van der Waals surface area contributed by atoms with Crippen molar-refractivity contribution in [2.24, 2.45) is 5.92 Å². The van der Waals surface area contributed by atoms with Crippen LogP contribution in [-0.4, -0.2) is 20.5 Å². The fraction of sp³-hybridized carbons (Fsp3) is 0.625. The average molecular weight is 305 g/mol. The van der Waals surface area contributed by atoms with Crippen molar-refractivity contribution < 1.29 is 4.42 Å². The Morgan fingerprint density at radius 3 is 2.76 bits per heavy atom. The van der Waals surface area contributed by atoms with Gasteiger partial charge in [0, 0.05) is 11.8 Å². The molecule has 2 aromatic heterocycles. The monoisotopic (exact) mass is 305 g/mol. The summed E-state index contributed by atoms with van der Waals surface area (Å²) in [4.78, 5) is 0. The highest BCUT2D eigenvalue weighted by Crippen LogP contribution is 2.35. The number of aromatic nitrogens is 3. The van der Waals surface area contributed by atoms with Gasteiger partial charge in [-0.15, -0.1) is 10.2 Å². The fourth-order valence-corrected chi connectivity index (χ4v) is 3.81. The topological polar surface area (TPSA) is 43.9 Å². The van der Waals surface area contributed by atoms with Gasteiger partial charge in [0.1, 0.15) is 0 Å². The molecule has 1 aliphatic rings. The van der Waals surface area contributed by atoms with E-state index < -0.39 is 0 Å². The van der Waals surface area contributed by atoms with Gasteiger partial charge in [0.2, 0.25) is 5.82 Å². The van der Waals surface area contributed by atoms with Gasteiger partial charge in [0.05, 0.1) is 6.26 Å². The first-order chi connectivity index (χ1) is 10.3. The van der Waals surface area contributed by atoms with E-state index in [1.54, 1.807) is 6.26 Å². The summed E-state index contributed by atoms with van der Waals surface area (Å²) in [5.74, 6) is 3.43. The molecule has 3 rings (SSSR count). The lowest BCUT2D eigenvalue weighted by Crippen LogP contribution is -2.15. The molecule has 0 saturated heterocycles. The van der Waals surface area contributed by atoms with Crippen LogP contribution in [0.1, 0.15) is 52.0 Å². The highest BCUT2D eigenvalue weighted by molar-refractivity contribution is 7.99. The number of hydrogen-bond donors (Lipinski definition) is 0. The molecule has 0 unspecified atom stereocenters. The summed E-state index contributed by atoms with van der Waals surface area (Å²) >= 11 is 1.81. The van der Waals surface area contributed by atoms with E-state index in [0.717, 1.165) is 22.5 Å². The third-order valence-corrected chi connectivity index (χ3v) is 5.26. The molecule has 5 heteroatoms. The maximum absolute atomic E-state index is 5.56. The molecule has 0 spiro atoms. The third kappa shape index (κ3) is 3.34. The van der Waals surface area contributed by atoms with E-state index in [9.17, 15) is 0 Å². The van der Waals surface area contributed by atoms with E-state index >= 15 is 0 Å². The molecular formula is C16H23N3OS. The second kappa shape index (κ2) is 6.69. The number of nitrogens with zero attached hydrogens (tertiary/aromatic N) is 3. The number of furan rings is 1. The van der Waals surface area contributed by atoms with Crippen LogP contribution >= 0.6 is 11.8 Å². The smallest absolute Gasteiger partial charge is 0.200 e. The average Bonchev–Trinajstić information content (AvgIpc) is 3.15. The van der Waals surface area contributed by atoms with Gasteiger partial charge in [0.15, 0.2) is 10.9 Å². The van der Waals surface area contributed by atoms with Gasteiger partial charge in [0.25, 0.3) is 0 Å². The Balaban J connectivity index is 1.92. The molecular weight excluding hydrogens is 282 g/mol. The van der Waals surface area contributed by atoms with Crippen LogP contribution in [0.3, 0.4) is 0 Å². The molecule has 1 fully saturated rings. The Hall–Kier alpha value is -1.23. The van der Waals surface area contributed by atoms with Crippen molar-refractivity contribution in [2.45, 2.75) is 57.1 Å². The number of rotatable bonds is 5. The van der Waals surface area contributed by atoms with Crippen molar-refractivity contribution in [2.75, 3.05) is 5.75 Å². The predicted molar refractivity (Wildman–Crippen MR) is 85.4 cm³/mol. The van der Waals surface area contributed by atoms with Crippen molar-refractivity contribution in [3.63, 3.8) is 0 Å². The predicted octanol–water partition coefficient (Wildman–Crippen LogP) is 4.79. The molecule has 2 aromatic rings. The maximum atomic E-state index is 5.56. The molecule has 0 aliphatic heterocycles. The molecule has 0 aromatic carbocycles. The highest BCUT2D eigenvalue weighted by atomic mass is 32.2. The Morgan fingerprint density at radius 1 is 1.29 bits per heavy atom. The van der Waals surface area contributed by atoms with Gasteiger partial charge < -0.3 is 4.42 Å². The fourth-order valence-electron chi connectivity index (χ4n) is 2.86. The first kappa shape index (κ1) is 14.7. The van der Waals surface area contributed by atoms with Gasteiger partial charge in [-0.25, -0.2) is 0 Å². The van der Waals surface area contributed by atoms with Gasteiger partial charge in [-0.05, 0) is 30.9 Å². The molecule has 0 radical (unpaired) electrons. The summed E-state index contributed by atoms with van der Waals surface area (Å²) in [6.07, 6.45) is 8.10. The van der Waals surface area contributed by atoms with Crippen molar-refractivity contribution in [3.05, 3.63) is 18.4 Å². The zero-order valence-electron chi connectivity index (χ0n) is 12.8. The third-order valence-electron chi connectivity index (χ3n) is 3.89. The minimum atomic E-state index is 0.517. The molecule has 0 amide bonds. The lowest BCUT2D eigenvalue weighted by molar-refractivity contribution is 0.337. The first-order valence-electron chi connectivity index (χ1n) is 7.87. The van der Waals surface area contributed by atoms with E-state index in [4.69, 9.17) is 4.42 Å². The molecule has 0 atom stereocenters.